The topological polar surface area (TPSA) is 62.6 Å². The molecule has 96 valence electrons. The van der Waals surface area contributed by atoms with Gasteiger partial charge >= 0.3 is 0 Å². The van der Waals surface area contributed by atoms with Gasteiger partial charge in [-0.1, -0.05) is 12.1 Å². The van der Waals surface area contributed by atoms with E-state index in [1.54, 1.807) is 13.3 Å². The third-order valence-electron chi connectivity index (χ3n) is 2.57. The molecule has 1 heterocycles. The molecule has 1 aromatic heterocycles. The maximum absolute atomic E-state index is 9.37. The van der Waals surface area contributed by atoms with Gasteiger partial charge in [-0.25, -0.2) is 4.98 Å². The van der Waals surface area contributed by atoms with Gasteiger partial charge in [0.25, 0.3) is 0 Å². The van der Waals surface area contributed by atoms with Gasteiger partial charge in [0.05, 0.1) is 19.8 Å². The summed E-state index contributed by atoms with van der Waals surface area (Å²) in [6.45, 7) is -0.235. The Hall–Kier alpha value is -1.30. The number of rotatable bonds is 5. The number of benzene rings is 1. The number of aliphatic hydroxyl groups is 2. The number of aliphatic hydroxyl groups excluding tert-OH is 2. The summed E-state index contributed by atoms with van der Waals surface area (Å²) < 4.78 is 5.30. The normalized spacial score (nSPS) is 12.6. The highest BCUT2D eigenvalue weighted by atomic mass is 32.2. The van der Waals surface area contributed by atoms with Gasteiger partial charge in [-0.2, -0.15) is 0 Å². The van der Waals surface area contributed by atoms with Crippen LogP contribution in [-0.2, 0) is 0 Å². The van der Waals surface area contributed by atoms with Gasteiger partial charge < -0.3 is 14.9 Å². The molecule has 1 atom stereocenters. The summed E-state index contributed by atoms with van der Waals surface area (Å²) in [5.41, 5.74) is 0. The molecule has 0 spiro atoms. The molecule has 2 aromatic rings. The highest BCUT2D eigenvalue weighted by Gasteiger charge is 2.09. The average Bonchev–Trinajstić information content (AvgIpc) is 2.43. The second kappa shape index (κ2) is 6.04. The highest BCUT2D eigenvalue weighted by molar-refractivity contribution is 7.99. The number of methoxy groups -OCH3 is 1. The van der Waals surface area contributed by atoms with Crippen molar-refractivity contribution < 1.29 is 14.9 Å². The van der Waals surface area contributed by atoms with Crippen molar-refractivity contribution in [2.75, 3.05) is 19.5 Å². The molecule has 1 unspecified atom stereocenters. The van der Waals surface area contributed by atoms with Crippen LogP contribution in [0.5, 0.6) is 5.75 Å². The van der Waals surface area contributed by atoms with Crippen LogP contribution in [-0.4, -0.2) is 40.8 Å². The Balaban J connectivity index is 2.34. The van der Waals surface area contributed by atoms with Crippen LogP contribution in [0.3, 0.4) is 0 Å². The van der Waals surface area contributed by atoms with Gasteiger partial charge in [-0.3, -0.25) is 0 Å². The van der Waals surface area contributed by atoms with Crippen molar-refractivity contribution in [3.63, 3.8) is 0 Å². The Morgan fingerprint density at radius 2 is 2.17 bits per heavy atom. The average molecular weight is 265 g/mol. The van der Waals surface area contributed by atoms with Gasteiger partial charge in [0.2, 0.25) is 0 Å². The zero-order valence-electron chi connectivity index (χ0n) is 10.0. The predicted molar refractivity (Wildman–Crippen MR) is 72.1 cm³/mol. The summed E-state index contributed by atoms with van der Waals surface area (Å²) in [5.74, 6) is 1.22. The Kier molecular flexibility index (Phi) is 4.41. The maximum atomic E-state index is 9.37. The van der Waals surface area contributed by atoms with E-state index in [1.165, 1.54) is 11.8 Å². The van der Waals surface area contributed by atoms with Crippen molar-refractivity contribution in [1.29, 1.82) is 0 Å². The number of fused-ring (bicyclic) bond motifs is 1. The molecule has 0 bridgehead atoms. The largest absolute Gasteiger partial charge is 0.496 e. The summed E-state index contributed by atoms with van der Waals surface area (Å²) >= 11 is 1.43. The van der Waals surface area contributed by atoms with Gasteiger partial charge in [0.1, 0.15) is 10.8 Å². The molecule has 4 nitrogen and oxygen atoms in total. The first-order valence-electron chi connectivity index (χ1n) is 5.59. The lowest BCUT2D eigenvalue weighted by molar-refractivity contribution is 0.113. The molecule has 18 heavy (non-hydrogen) atoms. The van der Waals surface area contributed by atoms with E-state index < -0.39 is 6.10 Å². The van der Waals surface area contributed by atoms with Crippen LogP contribution in [0.1, 0.15) is 0 Å². The Bertz CT molecular complexity index is 533. The fourth-order valence-corrected chi connectivity index (χ4v) is 2.60. The molecule has 2 N–H and O–H groups in total. The molecule has 0 radical (unpaired) electrons. The van der Waals surface area contributed by atoms with Gasteiger partial charge in [-0.05, 0) is 12.1 Å². The van der Waals surface area contributed by atoms with Crippen LogP contribution >= 0.6 is 11.8 Å². The number of thioether (sulfide) groups is 1. The molecule has 0 aliphatic heterocycles. The molecule has 1 aromatic carbocycles. The lowest BCUT2D eigenvalue weighted by Crippen LogP contribution is -2.14. The van der Waals surface area contributed by atoms with Crippen LogP contribution < -0.4 is 4.74 Å². The minimum absolute atomic E-state index is 0.235. The highest BCUT2D eigenvalue weighted by Crippen LogP contribution is 2.31. The number of ether oxygens (including phenoxy) is 1. The third kappa shape index (κ3) is 2.75. The Morgan fingerprint density at radius 3 is 2.89 bits per heavy atom. The number of pyridine rings is 1. The Labute approximate surface area is 110 Å². The number of hydrogen-bond acceptors (Lipinski definition) is 5. The summed E-state index contributed by atoms with van der Waals surface area (Å²) in [6, 6.07) is 7.69. The zero-order valence-corrected chi connectivity index (χ0v) is 10.9. The predicted octanol–water partition coefficient (Wildman–Crippen LogP) is 1.69. The monoisotopic (exact) mass is 265 g/mol. The van der Waals surface area contributed by atoms with Gasteiger partial charge in [-0.15, -0.1) is 11.8 Å². The molecule has 0 aliphatic rings. The van der Waals surface area contributed by atoms with E-state index in [-0.39, 0.29) is 6.61 Å². The van der Waals surface area contributed by atoms with Crippen molar-refractivity contribution in [2.45, 2.75) is 11.1 Å². The van der Waals surface area contributed by atoms with Crippen molar-refractivity contribution in [3.05, 3.63) is 30.5 Å². The van der Waals surface area contributed by atoms with Gasteiger partial charge in [0, 0.05) is 22.7 Å². The SMILES string of the molecule is COc1cccc2c(SCC(O)CO)nccc12. The first-order valence-corrected chi connectivity index (χ1v) is 6.58. The Morgan fingerprint density at radius 1 is 1.33 bits per heavy atom. The van der Waals surface area contributed by atoms with Crippen molar-refractivity contribution >= 4 is 22.5 Å². The molecule has 0 aliphatic carbocycles. The van der Waals surface area contributed by atoms with Crippen LogP contribution in [0.2, 0.25) is 0 Å². The summed E-state index contributed by atoms with van der Waals surface area (Å²) in [5, 5.41) is 21.0. The first kappa shape index (κ1) is 13.1. The van der Waals surface area contributed by atoms with Crippen molar-refractivity contribution in [3.8, 4) is 5.75 Å². The number of nitrogens with zero attached hydrogens (tertiary/aromatic N) is 1. The number of hydrogen-bond donors (Lipinski definition) is 2. The van der Waals surface area contributed by atoms with Crippen molar-refractivity contribution in [1.82, 2.24) is 4.98 Å². The first-order chi connectivity index (χ1) is 8.76. The summed E-state index contributed by atoms with van der Waals surface area (Å²) in [4.78, 5) is 4.30. The molecule has 0 amide bonds. The molecule has 2 rings (SSSR count). The van der Waals surface area contributed by atoms with E-state index in [4.69, 9.17) is 9.84 Å². The standard InChI is InChI=1S/C13H15NO3S/c1-17-12-4-2-3-11-10(12)5-6-14-13(11)18-8-9(16)7-15/h2-6,9,15-16H,7-8H2,1H3. The zero-order chi connectivity index (χ0) is 13.0. The molecule has 0 fully saturated rings. The van der Waals surface area contributed by atoms with Crippen LogP contribution in [0.4, 0.5) is 0 Å². The fraction of sp³-hybridized carbons (Fsp3) is 0.308. The maximum Gasteiger partial charge on any atom is 0.126 e. The minimum atomic E-state index is -0.724. The molecule has 0 saturated heterocycles. The lowest BCUT2D eigenvalue weighted by Gasteiger charge is -2.10. The quantitative estimate of drug-likeness (QED) is 0.806. The molecular formula is C13H15NO3S. The van der Waals surface area contributed by atoms with E-state index in [9.17, 15) is 5.11 Å². The van der Waals surface area contributed by atoms with E-state index in [2.05, 4.69) is 4.98 Å². The van der Waals surface area contributed by atoms with E-state index in [0.717, 1.165) is 21.5 Å². The second-order valence-electron chi connectivity index (χ2n) is 3.82. The summed E-state index contributed by atoms with van der Waals surface area (Å²) in [6.07, 6.45) is 0.996. The summed E-state index contributed by atoms with van der Waals surface area (Å²) in [7, 11) is 1.64. The minimum Gasteiger partial charge on any atom is -0.496 e. The smallest absolute Gasteiger partial charge is 0.126 e. The lowest BCUT2D eigenvalue weighted by atomic mass is 10.1. The fourth-order valence-electron chi connectivity index (χ4n) is 1.67. The van der Waals surface area contributed by atoms with Gasteiger partial charge in [0.15, 0.2) is 0 Å². The van der Waals surface area contributed by atoms with E-state index >= 15 is 0 Å². The number of aromatic nitrogens is 1. The van der Waals surface area contributed by atoms with E-state index in [1.807, 2.05) is 24.3 Å². The van der Waals surface area contributed by atoms with E-state index in [0.29, 0.717) is 5.75 Å². The third-order valence-corrected chi connectivity index (χ3v) is 3.72. The molecule has 5 heteroatoms. The van der Waals surface area contributed by atoms with Crippen LogP contribution in [0.15, 0.2) is 35.5 Å². The molecule has 0 saturated carbocycles. The second-order valence-corrected chi connectivity index (χ2v) is 4.83. The van der Waals surface area contributed by atoms with Crippen molar-refractivity contribution in [2.24, 2.45) is 0 Å². The van der Waals surface area contributed by atoms with Crippen LogP contribution in [0.25, 0.3) is 10.8 Å². The molecular weight excluding hydrogens is 250 g/mol. The van der Waals surface area contributed by atoms with Crippen LogP contribution in [0, 0.1) is 0 Å².